The van der Waals surface area contributed by atoms with Gasteiger partial charge < -0.3 is 19.2 Å². The van der Waals surface area contributed by atoms with E-state index in [4.69, 9.17) is 32.6 Å². The molecule has 2 rings (SSSR count). The van der Waals surface area contributed by atoms with Gasteiger partial charge in [0.15, 0.2) is 18.1 Å². The van der Waals surface area contributed by atoms with Gasteiger partial charge in [-0.2, -0.15) is 13.2 Å². The number of rotatable bonds is 2. The number of hydrogen-bond acceptors (Lipinski definition) is 4. The van der Waals surface area contributed by atoms with E-state index < -0.39 is 19.9 Å². The van der Waals surface area contributed by atoms with Crippen molar-refractivity contribution in [2.75, 3.05) is 13.1 Å². The van der Waals surface area contributed by atoms with Gasteiger partial charge in [-0.25, -0.2) is 0 Å². The molecule has 1 aromatic rings. The van der Waals surface area contributed by atoms with E-state index in [1.54, 1.807) is 0 Å². The van der Waals surface area contributed by atoms with Crippen LogP contribution in [0.5, 0.6) is 17.2 Å². The van der Waals surface area contributed by atoms with Gasteiger partial charge >= 0.3 is 13.3 Å². The highest BCUT2D eigenvalue weighted by Crippen LogP contribution is 2.50. The summed E-state index contributed by atoms with van der Waals surface area (Å²) in [5.74, 6) is -0.181. The molecular weight excluding hydrogens is 323 g/mol. The van der Waals surface area contributed by atoms with Crippen LogP contribution in [0.1, 0.15) is 5.56 Å². The lowest BCUT2D eigenvalue weighted by molar-refractivity contribution is -0.153. The average Bonchev–Trinajstić information content (AvgIpc) is 2.34. The summed E-state index contributed by atoms with van der Waals surface area (Å²) >= 11 is 11.8. The maximum atomic E-state index is 12.2. The van der Waals surface area contributed by atoms with E-state index >= 15 is 0 Å². The number of fused-ring (bicyclic) bond motifs is 1. The van der Waals surface area contributed by atoms with Gasteiger partial charge in [-0.15, -0.1) is 0 Å². The molecule has 0 unspecified atom stereocenters. The Labute approximate surface area is 122 Å². The minimum absolute atomic E-state index is 0.00956. The molecule has 0 atom stereocenters. The maximum absolute atomic E-state index is 12.2. The maximum Gasteiger partial charge on any atom is 0.563 e. The van der Waals surface area contributed by atoms with Crippen molar-refractivity contribution in [2.24, 2.45) is 0 Å². The Bertz CT molecular complexity index is 538. The first-order chi connectivity index (χ1) is 9.20. The van der Waals surface area contributed by atoms with Gasteiger partial charge in [0.25, 0.3) is 0 Å². The molecule has 0 amide bonds. The molecule has 1 aliphatic heterocycles. The number of hydrogen-bond donors (Lipinski definition) is 1. The summed E-state index contributed by atoms with van der Waals surface area (Å²) in [6.07, 6.45) is -4.52. The van der Waals surface area contributed by atoms with Crippen LogP contribution in [0.4, 0.5) is 13.2 Å². The van der Waals surface area contributed by atoms with Gasteiger partial charge in [0.2, 0.25) is 0 Å². The highest BCUT2D eigenvalue weighted by molar-refractivity contribution is 6.46. The second kappa shape index (κ2) is 5.42. The van der Waals surface area contributed by atoms with Crippen LogP contribution in [0, 0.1) is 6.92 Å². The Morgan fingerprint density at radius 2 is 1.95 bits per heavy atom. The van der Waals surface area contributed by atoms with E-state index in [0.29, 0.717) is 0 Å². The SMILES string of the molecule is Cc1c(OCC(F)(F)F)c(Cl)c(Cl)c2c1OB(O)CO2. The Hall–Kier alpha value is -0.985. The summed E-state index contributed by atoms with van der Waals surface area (Å²) in [5.41, 5.74) is 0.164. The van der Waals surface area contributed by atoms with E-state index in [1.165, 1.54) is 6.92 Å². The second-order valence-electron chi connectivity index (χ2n) is 4.03. The molecule has 0 saturated heterocycles. The fraction of sp³-hybridized carbons (Fsp3) is 0.400. The summed E-state index contributed by atoms with van der Waals surface area (Å²) in [6.45, 7) is -0.258. The molecule has 1 aliphatic rings. The number of alkyl halides is 3. The molecule has 110 valence electrons. The molecule has 0 aliphatic carbocycles. The fourth-order valence-corrected chi connectivity index (χ4v) is 2.17. The van der Waals surface area contributed by atoms with Crippen LogP contribution >= 0.6 is 23.2 Å². The average molecular weight is 331 g/mol. The second-order valence-corrected chi connectivity index (χ2v) is 4.78. The molecule has 4 nitrogen and oxygen atoms in total. The largest absolute Gasteiger partial charge is 0.563 e. The third-order valence-corrected chi connectivity index (χ3v) is 3.30. The van der Waals surface area contributed by atoms with Crippen molar-refractivity contribution in [3.63, 3.8) is 0 Å². The molecule has 20 heavy (non-hydrogen) atoms. The molecule has 10 heteroatoms. The van der Waals surface area contributed by atoms with Gasteiger partial charge in [0.1, 0.15) is 22.3 Å². The van der Waals surface area contributed by atoms with E-state index in [0.717, 1.165) is 0 Å². The molecule has 0 saturated carbocycles. The molecular formula is C10H8BCl2F3O4. The third-order valence-electron chi connectivity index (χ3n) is 2.48. The first-order valence-corrected chi connectivity index (χ1v) is 6.15. The molecule has 1 N–H and O–H groups in total. The Morgan fingerprint density at radius 3 is 2.55 bits per heavy atom. The van der Waals surface area contributed by atoms with Crippen molar-refractivity contribution in [3.8, 4) is 17.2 Å². The van der Waals surface area contributed by atoms with E-state index in [9.17, 15) is 18.2 Å². The third kappa shape index (κ3) is 3.02. The Kier molecular flexibility index (Phi) is 4.18. The van der Waals surface area contributed by atoms with Crippen molar-refractivity contribution >= 4 is 30.3 Å². The quantitative estimate of drug-likeness (QED) is 0.847. The van der Waals surface area contributed by atoms with E-state index in [2.05, 4.69) is 4.74 Å². The summed E-state index contributed by atoms with van der Waals surface area (Å²) in [4.78, 5) is 0. The zero-order chi connectivity index (χ0) is 15.1. The number of ether oxygens (including phenoxy) is 2. The van der Waals surface area contributed by atoms with Crippen molar-refractivity contribution in [1.29, 1.82) is 0 Å². The minimum atomic E-state index is -4.52. The summed E-state index contributed by atoms with van der Waals surface area (Å²) in [5, 5.41) is 9.02. The zero-order valence-corrected chi connectivity index (χ0v) is 11.6. The van der Waals surface area contributed by atoms with Crippen molar-refractivity contribution in [2.45, 2.75) is 13.1 Å². The van der Waals surface area contributed by atoms with Crippen LogP contribution in [0.3, 0.4) is 0 Å². The van der Waals surface area contributed by atoms with Gasteiger partial charge in [0, 0.05) is 5.56 Å². The molecule has 0 bridgehead atoms. The van der Waals surface area contributed by atoms with Crippen LogP contribution in [0.25, 0.3) is 0 Å². The number of halogens is 5. The first-order valence-electron chi connectivity index (χ1n) is 5.39. The smallest absolute Gasteiger partial charge is 0.531 e. The Balaban J connectivity index is 2.43. The molecule has 0 radical (unpaired) electrons. The van der Waals surface area contributed by atoms with E-state index in [-0.39, 0.29) is 39.4 Å². The van der Waals surface area contributed by atoms with Gasteiger partial charge in [0.05, 0.1) is 0 Å². The monoisotopic (exact) mass is 330 g/mol. The highest BCUT2D eigenvalue weighted by atomic mass is 35.5. The molecule has 0 spiro atoms. The van der Waals surface area contributed by atoms with Gasteiger partial charge in [-0.05, 0) is 6.92 Å². The topological polar surface area (TPSA) is 47.9 Å². The summed E-state index contributed by atoms with van der Waals surface area (Å²) in [6, 6.07) is 0. The summed E-state index contributed by atoms with van der Waals surface area (Å²) in [7, 11) is -1.24. The van der Waals surface area contributed by atoms with Gasteiger partial charge in [-0.3, -0.25) is 0 Å². The van der Waals surface area contributed by atoms with Crippen LogP contribution in [0.2, 0.25) is 10.0 Å². The fourth-order valence-electron chi connectivity index (χ4n) is 1.66. The zero-order valence-electron chi connectivity index (χ0n) is 10.1. The van der Waals surface area contributed by atoms with E-state index in [1.807, 2.05) is 0 Å². The molecule has 0 aromatic heterocycles. The lowest BCUT2D eigenvalue weighted by Crippen LogP contribution is -2.34. The predicted octanol–water partition coefficient (Wildman–Crippen LogP) is 3.03. The minimum Gasteiger partial charge on any atom is -0.531 e. The molecule has 0 fully saturated rings. The van der Waals surface area contributed by atoms with Crippen LogP contribution < -0.4 is 14.1 Å². The molecule has 1 heterocycles. The molecule has 1 aromatic carbocycles. The van der Waals surface area contributed by atoms with Crippen molar-refractivity contribution in [1.82, 2.24) is 0 Å². The van der Waals surface area contributed by atoms with Crippen molar-refractivity contribution < 1.29 is 32.3 Å². The lowest BCUT2D eigenvalue weighted by atomic mass is 9.91. The van der Waals surface area contributed by atoms with Crippen LogP contribution in [0.15, 0.2) is 0 Å². The number of benzene rings is 1. The van der Waals surface area contributed by atoms with Crippen molar-refractivity contribution in [3.05, 3.63) is 15.6 Å². The Morgan fingerprint density at radius 1 is 1.30 bits per heavy atom. The standard InChI is InChI=1S/C10H8BCl2F3O4/c1-4-7(18-2-10(14,15)16)5(12)6(13)9-8(4)20-11(17)3-19-9/h17H,2-3H2,1H3. The summed E-state index contributed by atoms with van der Waals surface area (Å²) < 4.78 is 51.5. The van der Waals surface area contributed by atoms with Crippen LogP contribution in [-0.4, -0.2) is 31.4 Å². The van der Waals surface area contributed by atoms with Gasteiger partial charge in [-0.1, -0.05) is 23.2 Å². The van der Waals surface area contributed by atoms with Crippen LogP contribution in [-0.2, 0) is 0 Å². The predicted molar refractivity (Wildman–Crippen MR) is 66.8 cm³/mol. The highest BCUT2D eigenvalue weighted by Gasteiger charge is 2.34. The lowest BCUT2D eigenvalue weighted by Gasteiger charge is -2.25. The first kappa shape index (κ1) is 15.4. The normalized spacial score (nSPS) is 14.4.